The van der Waals surface area contributed by atoms with Crippen LogP contribution in [0.25, 0.3) is 0 Å². The lowest BCUT2D eigenvalue weighted by Gasteiger charge is -2.20. The van der Waals surface area contributed by atoms with E-state index < -0.39 is 54.2 Å². The summed E-state index contributed by atoms with van der Waals surface area (Å²) in [6.45, 7) is 4.91. The van der Waals surface area contributed by atoms with Crippen LogP contribution in [-0.4, -0.2) is 73.2 Å². The molecule has 0 radical (unpaired) electrons. The Morgan fingerprint density at radius 2 is 1.00 bits per heavy atom. The van der Waals surface area contributed by atoms with Gasteiger partial charge in [-0.05, 0) is 71.8 Å². The predicted octanol–water partition coefficient (Wildman–Crippen LogP) is 4.87. The van der Waals surface area contributed by atoms with Gasteiger partial charge >= 0.3 is 0 Å². The molecule has 0 fully saturated rings. The van der Waals surface area contributed by atoms with Gasteiger partial charge in [-0.1, -0.05) is 115 Å². The molecule has 0 aliphatic carbocycles. The molecule has 0 spiro atoms. The molecule has 0 aromatic rings. The maximum absolute atomic E-state index is 12.4. The number of carbonyl (C=O) groups is 6. The van der Waals surface area contributed by atoms with Gasteiger partial charge in [-0.25, -0.2) is 0 Å². The summed E-state index contributed by atoms with van der Waals surface area (Å²) in [6.07, 6.45) is 33.0. The Labute approximate surface area is 325 Å². The van der Waals surface area contributed by atoms with Gasteiger partial charge < -0.3 is 38.1 Å². The molecule has 54 heavy (non-hydrogen) atoms. The molecule has 0 aliphatic heterocycles. The molecule has 0 unspecified atom stereocenters. The lowest BCUT2D eigenvalue weighted by molar-refractivity contribution is -0.132. The van der Waals surface area contributed by atoms with E-state index in [9.17, 15) is 28.8 Å². The standard InChI is InChI=1S/C41H75N7O6/c1-4-5-6-7-8-9-10-11-12-13-14-15-16-17-18-19-20-21-22-23-24-25-29-36(49)44-31-37(50)46-33(2)40(53)45-32-38(51)47-34(3)41(54)48-35(39(43)52)28-26-27-30-42/h15-18,33-35H,4-14,19-32,42H2,1-3H3,(H2,43,52)(H,44,49)(H,45,53)(H,46,50)(H,47,51)(H,48,54)/b16-15+,18-17+/t33-,34-,35-/m0/s1. The zero-order valence-electron chi connectivity index (χ0n) is 33.8. The molecule has 310 valence electrons. The number of unbranched alkanes of at least 4 members (excludes halogenated alkanes) is 17. The molecule has 9 N–H and O–H groups in total. The van der Waals surface area contributed by atoms with Crippen LogP contribution in [0, 0.1) is 0 Å². The van der Waals surface area contributed by atoms with Crippen LogP contribution in [0.4, 0.5) is 0 Å². The first kappa shape index (κ1) is 50.3. The first-order valence-corrected chi connectivity index (χ1v) is 20.8. The van der Waals surface area contributed by atoms with Gasteiger partial charge in [0.25, 0.3) is 0 Å². The van der Waals surface area contributed by atoms with E-state index in [-0.39, 0.29) is 12.5 Å². The minimum absolute atomic E-state index is 0.221. The zero-order chi connectivity index (χ0) is 40.2. The van der Waals surface area contributed by atoms with E-state index in [1.165, 1.54) is 90.9 Å². The van der Waals surface area contributed by atoms with Crippen LogP contribution < -0.4 is 38.1 Å². The molecule has 0 aliphatic rings. The van der Waals surface area contributed by atoms with Crippen LogP contribution in [-0.2, 0) is 28.8 Å². The smallest absolute Gasteiger partial charge is 0.242 e. The molecular formula is C41H75N7O6. The van der Waals surface area contributed by atoms with E-state index in [4.69, 9.17) is 11.5 Å². The van der Waals surface area contributed by atoms with E-state index in [0.717, 1.165) is 38.5 Å². The summed E-state index contributed by atoms with van der Waals surface area (Å²) in [5.74, 6) is -3.29. The Bertz CT molecular complexity index is 1110. The van der Waals surface area contributed by atoms with Crippen LogP contribution >= 0.6 is 0 Å². The van der Waals surface area contributed by atoms with Gasteiger partial charge in [0.15, 0.2) is 0 Å². The highest BCUT2D eigenvalue weighted by Crippen LogP contribution is 2.12. The van der Waals surface area contributed by atoms with Crippen molar-refractivity contribution in [2.45, 2.75) is 180 Å². The largest absolute Gasteiger partial charge is 0.368 e. The highest BCUT2D eigenvalue weighted by Gasteiger charge is 2.23. The normalized spacial score (nSPS) is 13.0. The van der Waals surface area contributed by atoms with Crippen molar-refractivity contribution in [3.05, 3.63) is 24.3 Å². The maximum Gasteiger partial charge on any atom is 0.242 e. The van der Waals surface area contributed by atoms with Crippen molar-refractivity contribution in [1.29, 1.82) is 0 Å². The number of nitrogens with two attached hydrogens (primary N) is 2. The van der Waals surface area contributed by atoms with E-state index in [1.807, 2.05) is 0 Å². The second-order valence-corrected chi connectivity index (χ2v) is 14.3. The van der Waals surface area contributed by atoms with Gasteiger partial charge in [-0.2, -0.15) is 0 Å². The molecule has 6 amide bonds. The van der Waals surface area contributed by atoms with Crippen LogP contribution in [0.3, 0.4) is 0 Å². The van der Waals surface area contributed by atoms with Crippen molar-refractivity contribution in [3.8, 4) is 0 Å². The third-order valence-corrected chi connectivity index (χ3v) is 9.15. The summed E-state index contributed by atoms with van der Waals surface area (Å²) in [5.41, 5.74) is 10.8. The molecular weight excluding hydrogens is 686 g/mol. The summed E-state index contributed by atoms with van der Waals surface area (Å²) in [5, 5.41) is 12.4. The third kappa shape index (κ3) is 30.7. The van der Waals surface area contributed by atoms with Crippen molar-refractivity contribution in [2.75, 3.05) is 19.6 Å². The van der Waals surface area contributed by atoms with Crippen molar-refractivity contribution >= 4 is 35.4 Å². The highest BCUT2D eigenvalue weighted by atomic mass is 16.2. The fourth-order valence-electron chi connectivity index (χ4n) is 5.73. The van der Waals surface area contributed by atoms with Gasteiger partial charge in [0.1, 0.15) is 18.1 Å². The van der Waals surface area contributed by atoms with Gasteiger partial charge in [-0.3, -0.25) is 28.8 Å². The predicted molar refractivity (Wildman–Crippen MR) is 217 cm³/mol. The van der Waals surface area contributed by atoms with Crippen LogP contribution in [0.1, 0.15) is 162 Å². The van der Waals surface area contributed by atoms with E-state index >= 15 is 0 Å². The van der Waals surface area contributed by atoms with E-state index in [0.29, 0.717) is 32.2 Å². The van der Waals surface area contributed by atoms with Gasteiger partial charge in [0.2, 0.25) is 35.4 Å². The lowest BCUT2D eigenvalue weighted by atomic mass is 10.1. The van der Waals surface area contributed by atoms with Gasteiger partial charge in [0.05, 0.1) is 13.1 Å². The maximum atomic E-state index is 12.4. The van der Waals surface area contributed by atoms with Crippen LogP contribution in [0.2, 0.25) is 0 Å². The molecule has 13 nitrogen and oxygen atoms in total. The minimum atomic E-state index is -0.986. The zero-order valence-corrected chi connectivity index (χ0v) is 33.8. The van der Waals surface area contributed by atoms with Crippen molar-refractivity contribution in [3.63, 3.8) is 0 Å². The van der Waals surface area contributed by atoms with Crippen LogP contribution in [0.15, 0.2) is 24.3 Å². The summed E-state index contributed by atoms with van der Waals surface area (Å²) in [7, 11) is 0. The van der Waals surface area contributed by atoms with Crippen molar-refractivity contribution in [1.82, 2.24) is 26.6 Å². The third-order valence-electron chi connectivity index (χ3n) is 9.15. The summed E-state index contributed by atoms with van der Waals surface area (Å²) in [6, 6.07) is -2.83. The molecule has 0 bridgehead atoms. The topological polar surface area (TPSA) is 215 Å². The average molecular weight is 762 g/mol. The van der Waals surface area contributed by atoms with Crippen molar-refractivity contribution in [2.24, 2.45) is 11.5 Å². The fraction of sp³-hybridized carbons (Fsp3) is 0.756. The van der Waals surface area contributed by atoms with Gasteiger partial charge in [-0.15, -0.1) is 0 Å². The summed E-state index contributed by atoms with van der Waals surface area (Å²) < 4.78 is 0. The number of rotatable bonds is 35. The molecule has 0 saturated carbocycles. The van der Waals surface area contributed by atoms with E-state index in [2.05, 4.69) is 57.8 Å². The SMILES string of the molecule is CCCCCCCCCCCC/C=C/C=C/CCCCCCCCC(=O)NCC(=O)N[C@@H](C)C(=O)NCC(=O)N[C@@H](C)C(=O)N[C@@H](CCCCN)C(N)=O. The molecule has 0 aromatic heterocycles. The molecule has 0 heterocycles. The number of primary amides is 1. The Balaban J connectivity index is 3.88. The molecule has 13 heteroatoms. The second kappa shape index (κ2) is 35.0. The summed E-state index contributed by atoms with van der Waals surface area (Å²) in [4.78, 5) is 73.0. The average Bonchev–Trinajstić information content (AvgIpc) is 3.14. The van der Waals surface area contributed by atoms with E-state index in [1.54, 1.807) is 0 Å². The molecule has 0 rings (SSSR count). The first-order chi connectivity index (χ1) is 26.0. The molecule has 0 saturated heterocycles. The number of hydrogen-bond donors (Lipinski definition) is 7. The minimum Gasteiger partial charge on any atom is -0.368 e. The Morgan fingerprint density at radius 1 is 0.537 bits per heavy atom. The fourth-order valence-corrected chi connectivity index (χ4v) is 5.73. The summed E-state index contributed by atoms with van der Waals surface area (Å²) >= 11 is 0. The van der Waals surface area contributed by atoms with Crippen LogP contribution in [0.5, 0.6) is 0 Å². The molecule has 3 atom stereocenters. The Kier molecular flexibility index (Phi) is 32.6. The van der Waals surface area contributed by atoms with Gasteiger partial charge in [0, 0.05) is 6.42 Å². The monoisotopic (exact) mass is 762 g/mol. The lowest BCUT2D eigenvalue weighted by Crippen LogP contribution is -2.54. The second-order valence-electron chi connectivity index (χ2n) is 14.3. The van der Waals surface area contributed by atoms with Crippen molar-refractivity contribution < 1.29 is 28.8 Å². The number of nitrogens with one attached hydrogen (secondary N) is 5. The quantitative estimate of drug-likeness (QED) is 0.0351. The Morgan fingerprint density at radius 3 is 1.50 bits per heavy atom. The highest BCUT2D eigenvalue weighted by molar-refractivity contribution is 5.94. The number of hydrogen-bond acceptors (Lipinski definition) is 7. The Hall–Kier alpha value is -3.74. The molecule has 0 aromatic carbocycles. The number of amides is 6. The first-order valence-electron chi connectivity index (χ1n) is 20.8. The number of carbonyl (C=O) groups excluding carboxylic acids is 6. The number of allylic oxidation sites excluding steroid dienone is 4.